The van der Waals surface area contributed by atoms with Crippen LogP contribution in [0.15, 0.2) is 52.4 Å². The van der Waals surface area contributed by atoms with E-state index in [9.17, 15) is 24.3 Å². The van der Waals surface area contributed by atoms with Crippen LogP contribution in [0.2, 0.25) is 0 Å². The van der Waals surface area contributed by atoms with Crippen LogP contribution in [0.5, 0.6) is 0 Å². The molecule has 2 aromatic rings. The zero-order valence-corrected chi connectivity index (χ0v) is 21.2. The zero-order chi connectivity index (χ0) is 25.7. The molecular weight excluding hydrogens is 528 g/mol. The highest BCUT2D eigenvalue weighted by atomic mass is 32.2. The SMILES string of the molecule is CSCON=C(C(=O)NC1C(=O)N2C(C(=O)[O-])=C(C[n+]3ccccc3)CS[C@H]12)c1csc(NC=O)n1. The van der Waals surface area contributed by atoms with Gasteiger partial charge in [-0.15, -0.1) is 34.9 Å². The van der Waals surface area contributed by atoms with E-state index < -0.39 is 29.2 Å². The summed E-state index contributed by atoms with van der Waals surface area (Å²) in [6.07, 6.45) is 5.84. The van der Waals surface area contributed by atoms with E-state index in [1.54, 1.807) is 18.6 Å². The van der Waals surface area contributed by atoms with Gasteiger partial charge >= 0.3 is 0 Å². The van der Waals surface area contributed by atoms with Crippen molar-refractivity contribution in [2.24, 2.45) is 5.16 Å². The number of rotatable bonds is 11. The van der Waals surface area contributed by atoms with Gasteiger partial charge in [-0.2, -0.15) is 0 Å². The molecule has 0 spiro atoms. The van der Waals surface area contributed by atoms with E-state index in [1.165, 1.54) is 28.9 Å². The zero-order valence-electron chi connectivity index (χ0n) is 18.8. The monoisotopic (exact) mass is 548 g/mol. The number of thioether (sulfide) groups is 2. The topological polar surface area (TPSA) is 157 Å². The number of carboxylic acids is 1. The van der Waals surface area contributed by atoms with Crippen LogP contribution in [0.3, 0.4) is 0 Å². The van der Waals surface area contributed by atoms with Crippen molar-refractivity contribution in [3.05, 3.63) is 52.9 Å². The van der Waals surface area contributed by atoms with Gasteiger partial charge in [-0.3, -0.25) is 19.3 Å². The first-order valence-electron chi connectivity index (χ1n) is 10.4. The van der Waals surface area contributed by atoms with Gasteiger partial charge in [0.25, 0.3) is 11.8 Å². The third-order valence-electron chi connectivity index (χ3n) is 5.15. The molecule has 0 aliphatic carbocycles. The molecule has 1 fully saturated rings. The quantitative estimate of drug-likeness (QED) is 0.0694. The molecule has 2 atom stereocenters. The average Bonchev–Trinajstić information content (AvgIpc) is 3.33. The van der Waals surface area contributed by atoms with Gasteiger partial charge in [-0.05, 0) is 6.26 Å². The van der Waals surface area contributed by atoms with Gasteiger partial charge in [0.05, 0.1) is 11.7 Å². The minimum atomic E-state index is -1.45. The van der Waals surface area contributed by atoms with Crippen molar-refractivity contribution in [1.82, 2.24) is 15.2 Å². The van der Waals surface area contributed by atoms with Crippen LogP contribution in [0.1, 0.15) is 5.69 Å². The maximum atomic E-state index is 13.1. The number of fused-ring (bicyclic) bond motifs is 1. The number of carbonyl (C=O) groups excluding carboxylic acids is 4. The van der Waals surface area contributed by atoms with Crippen LogP contribution in [-0.2, 0) is 30.6 Å². The molecule has 12 nitrogen and oxygen atoms in total. The van der Waals surface area contributed by atoms with E-state index in [4.69, 9.17) is 4.84 Å². The largest absolute Gasteiger partial charge is 0.543 e. The predicted octanol–water partition coefficient (Wildman–Crippen LogP) is -0.856. The fourth-order valence-electron chi connectivity index (χ4n) is 3.61. The maximum absolute atomic E-state index is 13.1. The molecule has 4 heterocycles. The average molecular weight is 549 g/mol. The number of aromatic nitrogens is 2. The first-order valence-corrected chi connectivity index (χ1v) is 13.7. The Hall–Kier alpha value is -3.43. The number of thiazole rings is 1. The third-order valence-corrected chi connectivity index (χ3v) is 7.60. The number of carboxylic acid groups (broad SMARTS) is 1. The summed E-state index contributed by atoms with van der Waals surface area (Å²) in [5.41, 5.74) is 0.339. The Kier molecular flexibility index (Phi) is 8.22. The summed E-state index contributed by atoms with van der Waals surface area (Å²) < 4.78 is 1.81. The number of nitrogens with one attached hydrogen (secondary N) is 2. The molecular formula is C21H20N6O6S3. The van der Waals surface area contributed by atoms with E-state index in [1.807, 2.05) is 22.8 Å². The number of anilines is 1. The number of nitrogens with zero attached hydrogens (tertiary/aromatic N) is 4. The minimum absolute atomic E-state index is 0.153. The van der Waals surface area contributed by atoms with E-state index in [2.05, 4.69) is 20.8 Å². The standard InChI is InChI=1S/C21H20N6O6S3/c1-34-11-33-25-14(13-9-36-21(23-13)22-10-28)17(29)24-15-18(30)27-16(20(31)32)12(8-35-19(15)27)7-26-5-3-2-4-6-26/h2-6,9-10,15,19H,7-8,11H2,1H3,(H2-,22,23,24,28,29,31,32)/t15?,19-/m1/s1. The van der Waals surface area contributed by atoms with Gasteiger partial charge in [0.2, 0.25) is 6.41 Å². The first-order chi connectivity index (χ1) is 17.4. The van der Waals surface area contributed by atoms with Crippen LogP contribution in [0, 0.1) is 0 Å². The summed E-state index contributed by atoms with van der Waals surface area (Å²) in [4.78, 5) is 59.1. The molecule has 2 aliphatic rings. The lowest BCUT2D eigenvalue weighted by atomic mass is 10.0. The number of pyridine rings is 1. The van der Waals surface area contributed by atoms with Crippen LogP contribution in [0.25, 0.3) is 0 Å². The first kappa shape index (κ1) is 25.7. The Bertz CT molecular complexity index is 1230. The summed E-state index contributed by atoms with van der Waals surface area (Å²) in [5.74, 6) is -2.22. The molecule has 0 aromatic carbocycles. The van der Waals surface area contributed by atoms with Gasteiger partial charge in [0.1, 0.15) is 17.1 Å². The molecule has 2 aliphatic heterocycles. The normalized spacial score (nSPS) is 19.3. The predicted molar refractivity (Wildman–Crippen MR) is 131 cm³/mol. The van der Waals surface area contributed by atoms with E-state index in [0.29, 0.717) is 17.7 Å². The fraction of sp³-hybridized carbons (Fsp3) is 0.286. The van der Waals surface area contributed by atoms with Crippen molar-refractivity contribution in [1.29, 1.82) is 0 Å². The number of amides is 3. The molecule has 188 valence electrons. The second-order valence-electron chi connectivity index (χ2n) is 7.42. The molecule has 3 amide bonds. The molecule has 1 unspecified atom stereocenters. The Morgan fingerprint density at radius 2 is 2.17 bits per heavy atom. The van der Waals surface area contributed by atoms with E-state index in [-0.39, 0.29) is 34.7 Å². The van der Waals surface area contributed by atoms with Gasteiger partial charge < -0.3 is 25.4 Å². The minimum Gasteiger partial charge on any atom is -0.543 e. The van der Waals surface area contributed by atoms with Crippen molar-refractivity contribution in [3.63, 3.8) is 0 Å². The van der Waals surface area contributed by atoms with E-state index >= 15 is 0 Å². The summed E-state index contributed by atoms with van der Waals surface area (Å²) in [5, 5.41) is 22.0. The Labute approximate surface area is 217 Å². The summed E-state index contributed by atoms with van der Waals surface area (Å²) in [6.45, 7) is 0.287. The van der Waals surface area contributed by atoms with Crippen LogP contribution < -0.4 is 20.3 Å². The van der Waals surface area contributed by atoms with Crippen LogP contribution >= 0.6 is 34.9 Å². The molecule has 0 saturated carbocycles. The Morgan fingerprint density at radius 3 is 2.86 bits per heavy atom. The van der Waals surface area contributed by atoms with Crippen molar-refractivity contribution >= 4 is 69.9 Å². The number of hydrogen-bond acceptors (Lipinski definition) is 11. The molecule has 2 aromatic heterocycles. The summed E-state index contributed by atoms with van der Waals surface area (Å²) in [7, 11) is 0. The molecule has 4 rings (SSSR count). The van der Waals surface area contributed by atoms with Gasteiger partial charge in [-0.1, -0.05) is 11.2 Å². The van der Waals surface area contributed by atoms with Gasteiger partial charge in [0.15, 0.2) is 35.7 Å². The highest BCUT2D eigenvalue weighted by Gasteiger charge is 2.53. The highest BCUT2D eigenvalue weighted by Crippen LogP contribution is 2.40. The highest BCUT2D eigenvalue weighted by molar-refractivity contribution is 8.00. The lowest BCUT2D eigenvalue weighted by Crippen LogP contribution is -2.71. The van der Waals surface area contributed by atoms with Crippen molar-refractivity contribution < 1.29 is 33.7 Å². The van der Waals surface area contributed by atoms with Gasteiger partial charge in [0, 0.05) is 28.8 Å². The Balaban J connectivity index is 1.52. The van der Waals surface area contributed by atoms with Crippen molar-refractivity contribution in [2.75, 3.05) is 23.3 Å². The lowest BCUT2D eigenvalue weighted by Gasteiger charge is -2.50. The van der Waals surface area contributed by atoms with Crippen molar-refractivity contribution in [3.8, 4) is 0 Å². The third kappa shape index (κ3) is 5.37. The molecule has 36 heavy (non-hydrogen) atoms. The number of oxime groups is 1. The molecule has 0 radical (unpaired) electrons. The Morgan fingerprint density at radius 1 is 1.39 bits per heavy atom. The smallest absolute Gasteiger partial charge is 0.276 e. The van der Waals surface area contributed by atoms with Crippen molar-refractivity contribution in [2.45, 2.75) is 18.0 Å². The van der Waals surface area contributed by atoms with Crippen LogP contribution in [0.4, 0.5) is 5.13 Å². The number of hydrogen-bond donors (Lipinski definition) is 2. The molecule has 15 heteroatoms. The number of β-lactam (4-membered cyclic amide) rings is 1. The second-order valence-corrected chi connectivity index (χ2v) is 10.2. The number of carbonyl (C=O) groups is 4. The molecule has 0 bridgehead atoms. The summed E-state index contributed by atoms with van der Waals surface area (Å²) in [6, 6.07) is 4.51. The lowest BCUT2D eigenvalue weighted by molar-refractivity contribution is -0.689. The molecule has 2 N–H and O–H groups in total. The summed E-state index contributed by atoms with van der Waals surface area (Å²) >= 11 is 3.77. The number of aliphatic carboxylic acids is 1. The fourth-order valence-corrected chi connectivity index (χ4v) is 5.76. The maximum Gasteiger partial charge on any atom is 0.276 e. The molecule has 1 saturated heterocycles. The second kappa shape index (κ2) is 11.5. The van der Waals surface area contributed by atoms with Crippen LogP contribution in [-0.4, -0.2) is 69.2 Å². The van der Waals surface area contributed by atoms with E-state index in [0.717, 1.165) is 16.2 Å². The van der Waals surface area contributed by atoms with Gasteiger partial charge in [-0.25, -0.2) is 9.55 Å².